The van der Waals surface area contributed by atoms with Gasteiger partial charge in [0.2, 0.25) is 0 Å². The molecule has 96 valence electrons. The van der Waals surface area contributed by atoms with Gasteiger partial charge in [-0.25, -0.2) is 0 Å². The van der Waals surface area contributed by atoms with Gasteiger partial charge in [0.1, 0.15) is 11.5 Å². The number of benzene rings is 1. The van der Waals surface area contributed by atoms with E-state index < -0.39 is 0 Å². The van der Waals surface area contributed by atoms with Crippen molar-refractivity contribution >= 4 is 11.6 Å². The average molecular weight is 264 g/mol. The maximum Gasteiger partial charge on any atom is 0.106 e. The Balaban J connectivity index is 2.52. The lowest BCUT2D eigenvalue weighted by atomic mass is 9.97. The van der Waals surface area contributed by atoms with Gasteiger partial charge in [0, 0.05) is 10.6 Å². The Kier molecular flexibility index (Phi) is 3.79. The standard InChI is InChI=1S/C15H18ClNO/c1-9-6-5-7-12(14(9)16)15(17-4)13-8-10(2)18-11(13)3/h5-8,15,17H,1-4H3. The van der Waals surface area contributed by atoms with Crippen molar-refractivity contribution in [3.63, 3.8) is 0 Å². The maximum atomic E-state index is 6.41. The number of rotatable bonds is 3. The van der Waals surface area contributed by atoms with E-state index >= 15 is 0 Å². The molecule has 1 aromatic carbocycles. The monoisotopic (exact) mass is 263 g/mol. The number of hydrogen-bond donors (Lipinski definition) is 1. The van der Waals surface area contributed by atoms with Gasteiger partial charge >= 0.3 is 0 Å². The Bertz CT molecular complexity index is 560. The molecule has 1 N–H and O–H groups in total. The van der Waals surface area contributed by atoms with E-state index in [-0.39, 0.29) is 6.04 Å². The van der Waals surface area contributed by atoms with E-state index in [2.05, 4.69) is 17.4 Å². The quantitative estimate of drug-likeness (QED) is 0.899. The van der Waals surface area contributed by atoms with Gasteiger partial charge in [0.05, 0.1) is 6.04 Å². The van der Waals surface area contributed by atoms with E-state index in [1.165, 1.54) is 0 Å². The highest BCUT2D eigenvalue weighted by atomic mass is 35.5. The van der Waals surface area contributed by atoms with Crippen LogP contribution < -0.4 is 5.32 Å². The molecule has 1 heterocycles. The van der Waals surface area contributed by atoms with E-state index in [0.717, 1.165) is 33.2 Å². The minimum atomic E-state index is 0.0647. The lowest BCUT2D eigenvalue weighted by Crippen LogP contribution is -2.18. The number of nitrogens with one attached hydrogen (secondary N) is 1. The summed E-state index contributed by atoms with van der Waals surface area (Å²) < 4.78 is 5.61. The van der Waals surface area contributed by atoms with Crippen LogP contribution in [-0.2, 0) is 0 Å². The first-order valence-electron chi connectivity index (χ1n) is 6.03. The summed E-state index contributed by atoms with van der Waals surface area (Å²) in [6.07, 6.45) is 0. The average Bonchev–Trinajstić information content (AvgIpc) is 2.65. The topological polar surface area (TPSA) is 25.2 Å². The molecule has 2 rings (SSSR count). The second-order valence-corrected chi connectivity index (χ2v) is 4.95. The Morgan fingerprint density at radius 2 is 1.89 bits per heavy atom. The molecule has 0 aliphatic carbocycles. The highest BCUT2D eigenvalue weighted by molar-refractivity contribution is 6.32. The Morgan fingerprint density at radius 1 is 1.17 bits per heavy atom. The molecule has 1 atom stereocenters. The van der Waals surface area contributed by atoms with E-state index in [9.17, 15) is 0 Å². The van der Waals surface area contributed by atoms with Gasteiger partial charge in [-0.05, 0) is 45.0 Å². The molecule has 0 amide bonds. The molecule has 0 bridgehead atoms. The van der Waals surface area contributed by atoms with Gasteiger partial charge in [0.15, 0.2) is 0 Å². The van der Waals surface area contributed by atoms with E-state index in [1.807, 2.05) is 40.0 Å². The Morgan fingerprint density at radius 3 is 2.44 bits per heavy atom. The molecule has 0 spiro atoms. The molecular weight excluding hydrogens is 246 g/mol. The van der Waals surface area contributed by atoms with Crippen molar-refractivity contribution in [3.05, 3.63) is 57.5 Å². The first-order chi connectivity index (χ1) is 8.54. The largest absolute Gasteiger partial charge is 0.466 e. The zero-order valence-electron chi connectivity index (χ0n) is 11.2. The summed E-state index contributed by atoms with van der Waals surface area (Å²) in [6.45, 7) is 5.96. The van der Waals surface area contributed by atoms with Crippen molar-refractivity contribution in [1.29, 1.82) is 0 Å². The van der Waals surface area contributed by atoms with Crippen LogP contribution >= 0.6 is 11.6 Å². The summed E-state index contributed by atoms with van der Waals surface area (Å²) >= 11 is 6.41. The molecular formula is C15H18ClNO. The lowest BCUT2D eigenvalue weighted by Gasteiger charge is -2.18. The Labute approximate surface area is 113 Å². The number of halogens is 1. The van der Waals surface area contributed by atoms with Crippen molar-refractivity contribution in [2.75, 3.05) is 7.05 Å². The van der Waals surface area contributed by atoms with Gasteiger partial charge in [-0.15, -0.1) is 0 Å². The summed E-state index contributed by atoms with van der Waals surface area (Å²) in [5, 5.41) is 4.13. The summed E-state index contributed by atoms with van der Waals surface area (Å²) in [6, 6.07) is 8.23. The third-order valence-corrected chi connectivity index (χ3v) is 3.73. The molecule has 2 aromatic rings. The normalized spacial score (nSPS) is 12.7. The number of hydrogen-bond acceptors (Lipinski definition) is 2. The molecule has 1 aromatic heterocycles. The minimum absolute atomic E-state index is 0.0647. The molecule has 2 nitrogen and oxygen atoms in total. The van der Waals surface area contributed by atoms with Crippen LogP contribution in [-0.4, -0.2) is 7.05 Å². The molecule has 0 aliphatic rings. The molecule has 0 aliphatic heterocycles. The van der Waals surface area contributed by atoms with Crippen LogP contribution in [0.25, 0.3) is 0 Å². The van der Waals surface area contributed by atoms with Crippen LogP contribution in [0.15, 0.2) is 28.7 Å². The maximum absolute atomic E-state index is 6.41. The molecule has 0 fully saturated rings. The zero-order chi connectivity index (χ0) is 13.3. The smallest absolute Gasteiger partial charge is 0.106 e. The number of furan rings is 1. The van der Waals surface area contributed by atoms with E-state index in [4.69, 9.17) is 16.0 Å². The van der Waals surface area contributed by atoms with Crippen LogP contribution in [0.5, 0.6) is 0 Å². The van der Waals surface area contributed by atoms with Gasteiger partial charge in [-0.2, -0.15) is 0 Å². The third kappa shape index (κ3) is 2.31. The van der Waals surface area contributed by atoms with Gasteiger partial charge in [0.25, 0.3) is 0 Å². The first kappa shape index (κ1) is 13.2. The molecule has 0 radical (unpaired) electrons. The fourth-order valence-electron chi connectivity index (χ4n) is 2.31. The second-order valence-electron chi connectivity index (χ2n) is 4.57. The fraction of sp³-hybridized carbons (Fsp3) is 0.333. The molecule has 0 saturated heterocycles. The highest BCUT2D eigenvalue weighted by Crippen LogP contribution is 2.32. The van der Waals surface area contributed by atoms with Crippen LogP contribution in [0.1, 0.15) is 34.3 Å². The molecule has 0 saturated carbocycles. The summed E-state index contributed by atoms with van der Waals surface area (Å²) in [7, 11) is 1.94. The molecule has 18 heavy (non-hydrogen) atoms. The van der Waals surface area contributed by atoms with E-state index in [0.29, 0.717) is 0 Å². The van der Waals surface area contributed by atoms with Crippen LogP contribution in [0.4, 0.5) is 0 Å². The SMILES string of the molecule is CNC(c1cc(C)oc1C)c1cccc(C)c1Cl. The summed E-state index contributed by atoms with van der Waals surface area (Å²) in [5.41, 5.74) is 3.32. The predicted octanol–water partition coefficient (Wildman–Crippen LogP) is 4.17. The van der Waals surface area contributed by atoms with Crippen molar-refractivity contribution in [2.24, 2.45) is 0 Å². The highest BCUT2D eigenvalue weighted by Gasteiger charge is 2.20. The van der Waals surface area contributed by atoms with Gasteiger partial charge < -0.3 is 9.73 Å². The fourth-order valence-corrected chi connectivity index (χ4v) is 2.54. The third-order valence-electron chi connectivity index (χ3n) is 3.21. The molecule has 3 heteroatoms. The number of aryl methyl sites for hydroxylation is 3. The zero-order valence-corrected chi connectivity index (χ0v) is 11.9. The van der Waals surface area contributed by atoms with Crippen LogP contribution in [0.3, 0.4) is 0 Å². The minimum Gasteiger partial charge on any atom is -0.466 e. The van der Waals surface area contributed by atoms with Crippen molar-refractivity contribution < 1.29 is 4.42 Å². The van der Waals surface area contributed by atoms with Crippen LogP contribution in [0, 0.1) is 20.8 Å². The summed E-state index contributed by atoms with van der Waals surface area (Å²) in [5.74, 6) is 1.86. The first-order valence-corrected chi connectivity index (χ1v) is 6.41. The molecule has 1 unspecified atom stereocenters. The summed E-state index contributed by atoms with van der Waals surface area (Å²) in [4.78, 5) is 0. The van der Waals surface area contributed by atoms with Crippen molar-refractivity contribution in [1.82, 2.24) is 5.32 Å². The van der Waals surface area contributed by atoms with Gasteiger partial charge in [-0.1, -0.05) is 29.8 Å². The van der Waals surface area contributed by atoms with Crippen molar-refractivity contribution in [3.8, 4) is 0 Å². The van der Waals surface area contributed by atoms with E-state index in [1.54, 1.807) is 0 Å². The van der Waals surface area contributed by atoms with Crippen molar-refractivity contribution in [2.45, 2.75) is 26.8 Å². The Hall–Kier alpha value is -1.25. The predicted molar refractivity (Wildman–Crippen MR) is 75.3 cm³/mol. The second kappa shape index (κ2) is 5.17. The van der Waals surface area contributed by atoms with Gasteiger partial charge in [-0.3, -0.25) is 0 Å². The van der Waals surface area contributed by atoms with Crippen LogP contribution in [0.2, 0.25) is 5.02 Å². The lowest BCUT2D eigenvalue weighted by molar-refractivity contribution is 0.497.